The lowest BCUT2D eigenvalue weighted by Crippen LogP contribution is -2.17. The van der Waals surface area contributed by atoms with Crippen LogP contribution in [0.15, 0.2) is 85.2 Å². The number of allylic oxidation sites excluding steroid dienone is 4. The Morgan fingerprint density at radius 3 is 2.36 bits per heavy atom. The van der Waals surface area contributed by atoms with Crippen LogP contribution in [-0.4, -0.2) is 4.98 Å². The van der Waals surface area contributed by atoms with Gasteiger partial charge in [-0.1, -0.05) is 54.8 Å². The third-order valence-corrected chi connectivity index (χ3v) is 7.33. The maximum Gasteiger partial charge on any atom is 0.195 e. The highest BCUT2D eigenvalue weighted by atomic mass is 32.1. The van der Waals surface area contributed by atoms with Crippen LogP contribution in [-0.2, 0) is 0 Å². The second-order valence-electron chi connectivity index (χ2n) is 7.86. The highest BCUT2D eigenvalue weighted by molar-refractivity contribution is 7.22. The molecule has 6 rings (SSSR count). The van der Waals surface area contributed by atoms with Crippen LogP contribution in [0.1, 0.15) is 6.42 Å². The Kier molecular flexibility index (Phi) is 3.36. The SMILES string of the molecule is C=C1[C@@H]2C3C=CC(C3)[C@@H]2C(=C)N1c1nc2ccc(Oc3ccccc3)cc2s1. The van der Waals surface area contributed by atoms with Gasteiger partial charge in [0.2, 0.25) is 0 Å². The van der Waals surface area contributed by atoms with Crippen LogP contribution in [0, 0.1) is 23.7 Å². The van der Waals surface area contributed by atoms with Crippen LogP contribution in [0.5, 0.6) is 11.5 Å². The van der Waals surface area contributed by atoms with Crippen LogP contribution in [0.25, 0.3) is 10.2 Å². The number of thiazole rings is 1. The van der Waals surface area contributed by atoms with Crippen molar-refractivity contribution in [2.45, 2.75) is 6.42 Å². The number of para-hydroxylation sites is 1. The standard InChI is InChI=1S/C24H20N2OS/c1-14-22-16-8-9-17(12-16)23(22)15(2)26(14)24-25-20-11-10-19(13-21(20)28-24)27-18-6-4-3-5-7-18/h3-11,13,16-17,22-23H,1-2,12H2/t16?,17?,22-,23+. The molecule has 1 aromatic heterocycles. The Morgan fingerprint density at radius 1 is 0.929 bits per heavy atom. The van der Waals surface area contributed by atoms with Crippen LogP contribution >= 0.6 is 11.3 Å². The molecule has 138 valence electrons. The summed E-state index contributed by atoms with van der Waals surface area (Å²) in [5.41, 5.74) is 3.30. The Hall–Kier alpha value is -2.85. The minimum absolute atomic E-state index is 0.492. The molecule has 1 saturated heterocycles. The lowest BCUT2D eigenvalue weighted by Gasteiger charge is -2.21. The van der Waals surface area contributed by atoms with Gasteiger partial charge in [-0.05, 0) is 42.5 Å². The number of hydrogen-bond donors (Lipinski definition) is 0. The first-order valence-electron chi connectivity index (χ1n) is 9.68. The zero-order valence-electron chi connectivity index (χ0n) is 15.4. The van der Waals surface area contributed by atoms with Crippen molar-refractivity contribution in [2.75, 3.05) is 4.90 Å². The third kappa shape index (κ3) is 2.24. The van der Waals surface area contributed by atoms with Gasteiger partial charge in [-0.15, -0.1) is 0 Å². The second kappa shape index (κ2) is 5.82. The van der Waals surface area contributed by atoms with Crippen molar-refractivity contribution in [3.8, 4) is 11.5 Å². The molecule has 2 bridgehead atoms. The minimum atomic E-state index is 0.492. The van der Waals surface area contributed by atoms with Crippen molar-refractivity contribution in [2.24, 2.45) is 23.7 Å². The van der Waals surface area contributed by atoms with Crippen molar-refractivity contribution in [1.29, 1.82) is 0 Å². The zero-order valence-corrected chi connectivity index (χ0v) is 16.2. The Labute approximate surface area is 168 Å². The van der Waals surface area contributed by atoms with Gasteiger partial charge in [0.05, 0.1) is 10.2 Å². The topological polar surface area (TPSA) is 25.4 Å². The number of hydrogen-bond acceptors (Lipinski definition) is 4. The summed E-state index contributed by atoms with van der Waals surface area (Å²) in [6, 6.07) is 15.9. The number of rotatable bonds is 3. The first kappa shape index (κ1) is 16.1. The summed E-state index contributed by atoms with van der Waals surface area (Å²) in [7, 11) is 0. The van der Waals surface area contributed by atoms with E-state index < -0.39 is 0 Å². The molecule has 4 atom stereocenters. The van der Waals surface area contributed by atoms with Crippen molar-refractivity contribution in [3.63, 3.8) is 0 Å². The van der Waals surface area contributed by atoms with Gasteiger partial charge in [0.15, 0.2) is 5.13 Å². The smallest absolute Gasteiger partial charge is 0.195 e. The summed E-state index contributed by atoms with van der Waals surface area (Å²) < 4.78 is 7.10. The number of benzene rings is 2. The molecule has 3 aromatic rings. The second-order valence-corrected chi connectivity index (χ2v) is 8.87. The van der Waals surface area contributed by atoms with E-state index in [1.807, 2.05) is 42.5 Å². The van der Waals surface area contributed by atoms with E-state index in [-0.39, 0.29) is 0 Å². The number of ether oxygens (including phenoxy) is 1. The average Bonchev–Trinajstić information content (AvgIpc) is 3.45. The van der Waals surface area contributed by atoms with Gasteiger partial charge >= 0.3 is 0 Å². The van der Waals surface area contributed by atoms with Crippen molar-refractivity contribution in [3.05, 3.63) is 85.2 Å². The first-order valence-corrected chi connectivity index (χ1v) is 10.5. The van der Waals surface area contributed by atoms with Gasteiger partial charge in [-0.2, -0.15) is 0 Å². The van der Waals surface area contributed by atoms with Gasteiger partial charge < -0.3 is 4.74 Å². The first-order chi connectivity index (χ1) is 13.7. The number of nitrogens with zero attached hydrogens (tertiary/aromatic N) is 2. The van der Waals surface area contributed by atoms with Crippen LogP contribution in [0.2, 0.25) is 0 Å². The maximum atomic E-state index is 5.98. The molecule has 2 aliphatic carbocycles. The molecule has 0 N–H and O–H groups in total. The monoisotopic (exact) mass is 384 g/mol. The van der Waals surface area contributed by atoms with Gasteiger partial charge in [0, 0.05) is 29.3 Å². The lowest BCUT2D eigenvalue weighted by atomic mass is 9.83. The van der Waals surface area contributed by atoms with E-state index in [4.69, 9.17) is 9.72 Å². The molecule has 0 spiro atoms. The van der Waals surface area contributed by atoms with E-state index in [1.54, 1.807) is 11.3 Å². The van der Waals surface area contributed by atoms with E-state index >= 15 is 0 Å². The van der Waals surface area contributed by atoms with E-state index in [0.717, 1.165) is 38.2 Å². The number of anilines is 1. The molecule has 0 amide bonds. The molecular formula is C24H20N2OS. The predicted molar refractivity (Wildman–Crippen MR) is 115 cm³/mol. The fourth-order valence-electron chi connectivity index (χ4n) is 5.14. The lowest BCUT2D eigenvalue weighted by molar-refractivity contribution is 0.449. The summed E-state index contributed by atoms with van der Waals surface area (Å²) in [6.45, 7) is 8.88. The fraction of sp³-hybridized carbons (Fsp3) is 0.208. The number of fused-ring (bicyclic) bond motifs is 6. The zero-order chi connectivity index (χ0) is 18.8. The minimum Gasteiger partial charge on any atom is -0.457 e. The molecule has 2 heterocycles. The van der Waals surface area contributed by atoms with E-state index in [0.29, 0.717) is 23.7 Å². The van der Waals surface area contributed by atoms with Crippen LogP contribution < -0.4 is 9.64 Å². The molecule has 1 saturated carbocycles. The normalized spacial score (nSPS) is 27.8. The molecule has 2 unspecified atom stereocenters. The van der Waals surface area contributed by atoms with Crippen LogP contribution in [0.4, 0.5) is 5.13 Å². The summed E-state index contributed by atoms with van der Waals surface area (Å²) in [4.78, 5) is 7.10. The molecule has 2 aromatic carbocycles. The van der Waals surface area contributed by atoms with Gasteiger partial charge in [-0.25, -0.2) is 4.98 Å². The predicted octanol–water partition coefficient (Wildman–Crippen LogP) is 6.37. The summed E-state index contributed by atoms with van der Waals surface area (Å²) >= 11 is 1.68. The van der Waals surface area contributed by atoms with Gasteiger partial charge in [0.25, 0.3) is 0 Å². The van der Waals surface area contributed by atoms with Gasteiger partial charge in [0.1, 0.15) is 11.5 Å². The van der Waals surface area contributed by atoms with Crippen molar-refractivity contribution >= 4 is 26.7 Å². The fourth-order valence-corrected chi connectivity index (χ4v) is 6.20. The summed E-state index contributed by atoms with van der Waals surface area (Å²) in [5, 5.41) is 0.968. The molecule has 1 aliphatic heterocycles. The van der Waals surface area contributed by atoms with E-state index in [1.165, 1.54) is 6.42 Å². The third-order valence-electron chi connectivity index (χ3n) is 6.32. The Morgan fingerprint density at radius 2 is 1.64 bits per heavy atom. The molecule has 28 heavy (non-hydrogen) atoms. The maximum absolute atomic E-state index is 5.98. The quantitative estimate of drug-likeness (QED) is 0.490. The van der Waals surface area contributed by atoms with E-state index in [2.05, 4.69) is 36.3 Å². The average molecular weight is 385 g/mol. The molecule has 2 fully saturated rings. The van der Waals surface area contributed by atoms with Crippen molar-refractivity contribution < 1.29 is 4.74 Å². The molecule has 3 nitrogen and oxygen atoms in total. The molecule has 3 aliphatic rings. The van der Waals surface area contributed by atoms with Crippen LogP contribution in [0.3, 0.4) is 0 Å². The number of aromatic nitrogens is 1. The summed E-state index contributed by atoms with van der Waals surface area (Å²) in [6.07, 6.45) is 6.00. The highest BCUT2D eigenvalue weighted by Crippen LogP contribution is 2.60. The molecular weight excluding hydrogens is 364 g/mol. The Bertz CT molecular complexity index is 1120. The van der Waals surface area contributed by atoms with Crippen molar-refractivity contribution in [1.82, 2.24) is 4.98 Å². The highest BCUT2D eigenvalue weighted by Gasteiger charge is 2.54. The van der Waals surface area contributed by atoms with E-state index in [9.17, 15) is 0 Å². The summed E-state index contributed by atoms with van der Waals surface area (Å²) in [5.74, 6) is 3.88. The Balaban J connectivity index is 1.33. The van der Waals surface area contributed by atoms with Gasteiger partial charge in [-0.3, -0.25) is 4.90 Å². The largest absolute Gasteiger partial charge is 0.457 e. The molecule has 4 heteroatoms. The molecule has 0 radical (unpaired) electrons.